The number of esters is 1. The van der Waals surface area contributed by atoms with Crippen LogP contribution < -0.4 is 0 Å². The first-order chi connectivity index (χ1) is 11.7. The number of benzene rings is 1. The standard InChI is InChI=1S/C18H22ClF3O3/c1-4-13(2)15(11-8-12-19)25-16(23)17(24-3,18(20,21)22)14-9-6-5-7-10-14/h4-7,9-10,13,15H,1,8,11-12H2,2-3H3/t13-,15+,17-/m0/s1. The maximum atomic E-state index is 13.8. The van der Waals surface area contributed by atoms with Gasteiger partial charge in [0, 0.05) is 24.5 Å². The molecule has 1 aromatic rings. The minimum absolute atomic E-state index is 0.311. The van der Waals surface area contributed by atoms with Crippen LogP contribution in [0.25, 0.3) is 0 Å². The Morgan fingerprint density at radius 3 is 2.36 bits per heavy atom. The van der Waals surface area contributed by atoms with E-state index in [4.69, 9.17) is 21.1 Å². The molecule has 1 rings (SSSR count). The Labute approximate surface area is 150 Å². The smallest absolute Gasteiger partial charge is 0.432 e. The molecule has 0 spiro atoms. The third-order valence-electron chi connectivity index (χ3n) is 4.01. The summed E-state index contributed by atoms with van der Waals surface area (Å²) in [6, 6.07) is 6.72. The van der Waals surface area contributed by atoms with E-state index in [0.29, 0.717) is 18.7 Å². The number of carbonyl (C=O) groups is 1. The molecule has 0 unspecified atom stereocenters. The SMILES string of the molecule is C=C[C@H](C)[C@@H](CCCCl)OC(=O)[C@@](OC)(c1ccccc1)C(F)(F)F. The predicted octanol–water partition coefficient (Wildman–Crippen LogP) is 4.84. The molecule has 25 heavy (non-hydrogen) atoms. The van der Waals surface area contributed by atoms with Crippen LogP contribution in [-0.4, -0.2) is 31.2 Å². The van der Waals surface area contributed by atoms with Gasteiger partial charge in [0.05, 0.1) is 0 Å². The van der Waals surface area contributed by atoms with Crippen LogP contribution in [0.15, 0.2) is 43.0 Å². The van der Waals surface area contributed by atoms with Crippen molar-refractivity contribution in [2.24, 2.45) is 5.92 Å². The molecule has 0 aromatic heterocycles. The van der Waals surface area contributed by atoms with Crippen molar-refractivity contribution in [1.29, 1.82) is 0 Å². The molecule has 0 bridgehead atoms. The highest BCUT2D eigenvalue weighted by Gasteiger charge is 2.64. The van der Waals surface area contributed by atoms with Gasteiger partial charge in [0.15, 0.2) is 0 Å². The van der Waals surface area contributed by atoms with Gasteiger partial charge >= 0.3 is 12.1 Å². The molecule has 0 amide bonds. The summed E-state index contributed by atoms with van der Waals surface area (Å²) in [5, 5.41) is 0. The van der Waals surface area contributed by atoms with Crippen molar-refractivity contribution >= 4 is 17.6 Å². The minimum atomic E-state index is -4.99. The van der Waals surface area contributed by atoms with Crippen LogP contribution >= 0.6 is 11.6 Å². The first-order valence-corrected chi connectivity index (χ1v) is 8.35. The molecule has 7 heteroatoms. The van der Waals surface area contributed by atoms with Gasteiger partial charge in [-0.3, -0.25) is 0 Å². The highest BCUT2D eigenvalue weighted by molar-refractivity contribution is 6.17. The summed E-state index contributed by atoms with van der Waals surface area (Å²) in [5.41, 5.74) is -3.52. The lowest BCUT2D eigenvalue weighted by Gasteiger charge is -2.34. The Morgan fingerprint density at radius 1 is 1.32 bits per heavy atom. The Hall–Kier alpha value is -1.53. The molecule has 0 N–H and O–H groups in total. The normalized spacial score (nSPS) is 16.6. The molecule has 0 aliphatic heterocycles. The van der Waals surface area contributed by atoms with Crippen LogP contribution in [-0.2, 0) is 19.9 Å². The van der Waals surface area contributed by atoms with E-state index in [2.05, 4.69) is 6.58 Å². The second-order valence-corrected chi connectivity index (χ2v) is 6.00. The number of alkyl halides is 4. The summed E-state index contributed by atoms with van der Waals surface area (Å²) in [6.45, 7) is 5.32. The fourth-order valence-electron chi connectivity index (χ4n) is 2.47. The van der Waals surface area contributed by atoms with E-state index in [1.54, 1.807) is 13.0 Å². The van der Waals surface area contributed by atoms with Crippen LogP contribution in [0.2, 0.25) is 0 Å². The molecule has 3 nitrogen and oxygen atoms in total. The predicted molar refractivity (Wildman–Crippen MR) is 90.4 cm³/mol. The highest BCUT2D eigenvalue weighted by atomic mass is 35.5. The second-order valence-electron chi connectivity index (χ2n) is 5.62. The van der Waals surface area contributed by atoms with Gasteiger partial charge in [0.25, 0.3) is 5.60 Å². The lowest BCUT2D eigenvalue weighted by molar-refractivity contribution is -0.278. The van der Waals surface area contributed by atoms with E-state index < -0.39 is 23.9 Å². The molecule has 1 aromatic carbocycles. The van der Waals surface area contributed by atoms with Gasteiger partial charge in [0.2, 0.25) is 0 Å². The summed E-state index contributed by atoms with van der Waals surface area (Å²) >= 11 is 5.64. The quantitative estimate of drug-likeness (QED) is 0.350. The monoisotopic (exact) mass is 378 g/mol. The number of hydrogen-bond donors (Lipinski definition) is 0. The van der Waals surface area contributed by atoms with Crippen molar-refractivity contribution in [3.05, 3.63) is 48.6 Å². The summed E-state index contributed by atoms with van der Waals surface area (Å²) in [6.07, 6.45) is -3.42. The van der Waals surface area contributed by atoms with Crippen molar-refractivity contribution in [3.63, 3.8) is 0 Å². The maximum absolute atomic E-state index is 13.8. The lowest BCUT2D eigenvalue weighted by Crippen LogP contribution is -2.52. The van der Waals surface area contributed by atoms with Gasteiger partial charge in [-0.25, -0.2) is 4.79 Å². The topological polar surface area (TPSA) is 35.5 Å². The average molecular weight is 379 g/mol. The van der Waals surface area contributed by atoms with E-state index in [-0.39, 0.29) is 11.5 Å². The van der Waals surface area contributed by atoms with Crippen molar-refractivity contribution in [2.45, 2.75) is 37.6 Å². The van der Waals surface area contributed by atoms with Crippen molar-refractivity contribution < 1.29 is 27.4 Å². The van der Waals surface area contributed by atoms with Gasteiger partial charge in [-0.1, -0.05) is 43.3 Å². The van der Waals surface area contributed by atoms with Crippen LogP contribution in [0.4, 0.5) is 13.2 Å². The third kappa shape index (κ3) is 4.76. The Bertz CT molecular complexity index is 562. The van der Waals surface area contributed by atoms with Crippen molar-refractivity contribution in [2.75, 3.05) is 13.0 Å². The first kappa shape index (κ1) is 21.5. The van der Waals surface area contributed by atoms with Crippen LogP contribution in [0.3, 0.4) is 0 Å². The number of hydrogen-bond acceptors (Lipinski definition) is 3. The van der Waals surface area contributed by atoms with Gasteiger partial charge in [-0.2, -0.15) is 13.2 Å². The fourth-order valence-corrected chi connectivity index (χ4v) is 2.62. The third-order valence-corrected chi connectivity index (χ3v) is 4.28. The van der Waals surface area contributed by atoms with Gasteiger partial charge < -0.3 is 9.47 Å². The van der Waals surface area contributed by atoms with E-state index >= 15 is 0 Å². The largest absolute Gasteiger partial charge is 0.459 e. The van der Waals surface area contributed by atoms with Gasteiger partial charge in [-0.15, -0.1) is 18.2 Å². The highest BCUT2D eigenvalue weighted by Crippen LogP contribution is 2.43. The van der Waals surface area contributed by atoms with E-state index in [0.717, 1.165) is 7.11 Å². The first-order valence-electron chi connectivity index (χ1n) is 7.81. The molecular formula is C18H22ClF3O3. The molecule has 3 atom stereocenters. The summed E-state index contributed by atoms with van der Waals surface area (Å²) < 4.78 is 51.4. The molecule has 140 valence electrons. The minimum Gasteiger partial charge on any atom is -0.459 e. The summed E-state index contributed by atoms with van der Waals surface area (Å²) in [7, 11) is 0.840. The maximum Gasteiger partial charge on any atom is 0.432 e. The molecule has 0 fully saturated rings. The number of halogens is 4. The Balaban J connectivity index is 3.26. The molecule has 0 aliphatic rings. The number of methoxy groups -OCH3 is 1. The molecular weight excluding hydrogens is 357 g/mol. The summed E-state index contributed by atoms with van der Waals surface area (Å²) in [5.74, 6) is -1.52. The Kier molecular flexibility index (Phi) is 7.96. The van der Waals surface area contributed by atoms with Gasteiger partial charge in [-0.05, 0) is 12.8 Å². The number of carbonyl (C=O) groups excluding carboxylic acids is 1. The fraction of sp³-hybridized carbons (Fsp3) is 0.500. The van der Waals surface area contributed by atoms with Crippen molar-refractivity contribution in [3.8, 4) is 0 Å². The van der Waals surface area contributed by atoms with E-state index in [1.165, 1.54) is 30.3 Å². The zero-order chi connectivity index (χ0) is 19.1. The molecule has 0 aliphatic carbocycles. The molecule has 0 heterocycles. The van der Waals surface area contributed by atoms with E-state index in [9.17, 15) is 18.0 Å². The van der Waals surface area contributed by atoms with Crippen LogP contribution in [0, 0.1) is 5.92 Å². The van der Waals surface area contributed by atoms with Crippen molar-refractivity contribution in [1.82, 2.24) is 0 Å². The molecule has 0 radical (unpaired) electrons. The number of rotatable bonds is 9. The van der Waals surface area contributed by atoms with E-state index in [1.807, 2.05) is 0 Å². The van der Waals surface area contributed by atoms with Crippen LogP contribution in [0.1, 0.15) is 25.3 Å². The lowest BCUT2D eigenvalue weighted by atomic mass is 9.92. The molecule has 0 saturated heterocycles. The number of ether oxygens (including phenoxy) is 2. The zero-order valence-corrected chi connectivity index (χ0v) is 14.9. The second kappa shape index (κ2) is 9.25. The van der Waals surface area contributed by atoms with Gasteiger partial charge in [0.1, 0.15) is 6.10 Å². The zero-order valence-electron chi connectivity index (χ0n) is 14.2. The van der Waals surface area contributed by atoms with Crippen LogP contribution in [0.5, 0.6) is 0 Å². The molecule has 0 saturated carbocycles. The average Bonchev–Trinajstić information content (AvgIpc) is 2.58. The Morgan fingerprint density at radius 2 is 1.92 bits per heavy atom. The summed E-state index contributed by atoms with van der Waals surface area (Å²) in [4.78, 5) is 12.6.